The van der Waals surface area contributed by atoms with E-state index in [1.807, 2.05) is 23.1 Å². The Morgan fingerprint density at radius 3 is 2.70 bits per heavy atom. The number of guanidine groups is 1. The number of fused-ring (bicyclic) bond motifs is 1. The number of hydrogen-bond acceptors (Lipinski definition) is 3. The maximum Gasteiger partial charge on any atom is 0.246 e. The summed E-state index contributed by atoms with van der Waals surface area (Å²) in [6, 6.07) is 12.5. The molecule has 0 fully saturated rings. The molecule has 1 amide bonds. The van der Waals surface area contributed by atoms with Crippen molar-refractivity contribution < 1.29 is 4.79 Å². The first kappa shape index (κ1) is 21.7. The van der Waals surface area contributed by atoms with Crippen molar-refractivity contribution >= 4 is 52.9 Å². The van der Waals surface area contributed by atoms with Crippen LogP contribution >= 0.6 is 35.3 Å². The van der Waals surface area contributed by atoms with E-state index in [9.17, 15) is 4.79 Å². The van der Waals surface area contributed by atoms with Gasteiger partial charge in [-0.15, -0.1) is 35.3 Å². The van der Waals surface area contributed by atoms with Gasteiger partial charge < -0.3 is 15.5 Å². The van der Waals surface area contributed by atoms with Crippen LogP contribution in [0.25, 0.3) is 0 Å². The van der Waals surface area contributed by atoms with E-state index in [0.717, 1.165) is 31.5 Å². The van der Waals surface area contributed by atoms with Crippen LogP contribution in [-0.2, 0) is 24.2 Å². The summed E-state index contributed by atoms with van der Waals surface area (Å²) in [6.45, 7) is 3.89. The maximum atomic E-state index is 12.7. The number of carbonyl (C=O) groups is 1. The average Bonchev–Trinajstić information content (AvgIpc) is 3.15. The van der Waals surface area contributed by atoms with Crippen molar-refractivity contribution in [3.63, 3.8) is 0 Å². The third kappa shape index (κ3) is 5.68. The summed E-state index contributed by atoms with van der Waals surface area (Å²) in [4.78, 5) is 21.4. The van der Waals surface area contributed by atoms with Crippen molar-refractivity contribution in [2.75, 3.05) is 25.0 Å². The molecule has 1 aromatic carbocycles. The Kier molecular flexibility index (Phi) is 8.56. The molecule has 2 aromatic rings. The second kappa shape index (κ2) is 10.7. The molecule has 146 valence electrons. The van der Waals surface area contributed by atoms with E-state index in [0.29, 0.717) is 12.5 Å². The van der Waals surface area contributed by atoms with Gasteiger partial charge in [-0.25, -0.2) is 0 Å². The summed E-state index contributed by atoms with van der Waals surface area (Å²) < 4.78 is 0. The minimum absolute atomic E-state index is 0. The fourth-order valence-electron chi connectivity index (χ4n) is 3.15. The molecule has 0 spiro atoms. The van der Waals surface area contributed by atoms with Gasteiger partial charge in [-0.3, -0.25) is 9.79 Å². The second-order valence-electron chi connectivity index (χ2n) is 6.28. The fraction of sp³-hybridized carbons (Fsp3) is 0.400. The Bertz CT molecular complexity index is 790. The third-order valence-corrected chi connectivity index (χ3v) is 5.77. The molecule has 3 rings (SSSR count). The number of nitrogens with one attached hydrogen (secondary N) is 2. The number of aliphatic imine (C=N–C) groups is 1. The molecule has 0 unspecified atom stereocenters. The largest absolute Gasteiger partial charge is 0.352 e. The number of carbonyl (C=O) groups excluding carboxylic acids is 1. The van der Waals surface area contributed by atoms with Crippen LogP contribution in [0, 0.1) is 0 Å². The van der Waals surface area contributed by atoms with E-state index in [-0.39, 0.29) is 36.4 Å². The summed E-state index contributed by atoms with van der Waals surface area (Å²) in [7, 11) is 1.72. The first-order valence-corrected chi connectivity index (χ1v) is 9.93. The van der Waals surface area contributed by atoms with Crippen molar-refractivity contribution in [3.05, 3.63) is 51.7 Å². The summed E-state index contributed by atoms with van der Waals surface area (Å²) in [5, 5.41) is 6.42. The quantitative estimate of drug-likeness (QED) is 0.377. The van der Waals surface area contributed by atoms with Crippen LogP contribution in [0.1, 0.15) is 28.7 Å². The number of hydrogen-bond donors (Lipinski definition) is 2. The lowest BCUT2D eigenvalue weighted by Gasteiger charge is -2.29. The molecule has 0 saturated heterocycles. The topological polar surface area (TPSA) is 56.7 Å². The van der Waals surface area contributed by atoms with Crippen LogP contribution in [0.15, 0.2) is 41.4 Å². The molecule has 1 aromatic heterocycles. The van der Waals surface area contributed by atoms with Gasteiger partial charge in [0.1, 0.15) is 0 Å². The molecule has 0 saturated carbocycles. The maximum absolute atomic E-state index is 12.7. The predicted octanol–water partition coefficient (Wildman–Crippen LogP) is 3.57. The van der Waals surface area contributed by atoms with Gasteiger partial charge in [-0.2, -0.15) is 0 Å². The van der Waals surface area contributed by atoms with Gasteiger partial charge in [0, 0.05) is 29.0 Å². The number of aryl methyl sites for hydroxylation is 2. The zero-order chi connectivity index (χ0) is 18.4. The van der Waals surface area contributed by atoms with Gasteiger partial charge in [0.15, 0.2) is 5.96 Å². The Hall–Kier alpha value is -1.61. The Labute approximate surface area is 182 Å². The van der Waals surface area contributed by atoms with E-state index in [1.54, 1.807) is 18.4 Å². The number of benzene rings is 1. The lowest BCUT2D eigenvalue weighted by atomic mass is 10.0. The number of nitrogens with zero attached hydrogens (tertiary/aromatic N) is 2. The van der Waals surface area contributed by atoms with Gasteiger partial charge in [0.2, 0.25) is 5.91 Å². The van der Waals surface area contributed by atoms with Crippen LogP contribution in [0.5, 0.6) is 0 Å². The zero-order valence-electron chi connectivity index (χ0n) is 15.8. The van der Waals surface area contributed by atoms with E-state index in [4.69, 9.17) is 0 Å². The molecule has 5 nitrogen and oxygen atoms in total. The molecular weight excluding hydrogens is 471 g/mol. The number of thiophene rings is 1. The highest BCUT2D eigenvalue weighted by molar-refractivity contribution is 14.0. The fourth-order valence-corrected chi connectivity index (χ4v) is 4.04. The van der Waals surface area contributed by atoms with Crippen LogP contribution in [-0.4, -0.2) is 32.0 Å². The molecule has 0 atom stereocenters. The Morgan fingerprint density at radius 2 is 1.96 bits per heavy atom. The van der Waals surface area contributed by atoms with Crippen molar-refractivity contribution in [3.8, 4) is 0 Å². The smallest absolute Gasteiger partial charge is 0.246 e. The van der Waals surface area contributed by atoms with E-state index >= 15 is 0 Å². The lowest BCUT2D eigenvalue weighted by molar-refractivity contribution is -0.117. The summed E-state index contributed by atoms with van der Waals surface area (Å²) in [5.41, 5.74) is 2.29. The van der Waals surface area contributed by atoms with Gasteiger partial charge in [0.05, 0.1) is 13.1 Å². The molecule has 7 heteroatoms. The summed E-state index contributed by atoms with van der Waals surface area (Å²) >= 11 is 1.80. The average molecular weight is 498 g/mol. The van der Waals surface area contributed by atoms with E-state index in [2.05, 4.69) is 40.7 Å². The SMILES string of the molecule is CCc1ccc(CNC(=NC)NCC(=O)N2CCCc3ccccc32)s1.I. The van der Waals surface area contributed by atoms with E-state index in [1.165, 1.54) is 15.3 Å². The minimum Gasteiger partial charge on any atom is -0.352 e. The highest BCUT2D eigenvalue weighted by Gasteiger charge is 2.21. The van der Waals surface area contributed by atoms with Crippen LogP contribution < -0.4 is 15.5 Å². The van der Waals surface area contributed by atoms with E-state index < -0.39 is 0 Å². The van der Waals surface area contributed by atoms with Crippen LogP contribution in [0.2, 0.25) is 0 Å². The molecular formula is C20H27IN4OS. The molecule has 0 radical (unpaired) electrons. The summed E-state index contributed by atoms with van der Waals surface area (Å²) in [5.74, 6) is 0.722. The number of halogens is 1. The highest BCUT2D eigenvalue weighted by Crippen LogP contribution is 2.26. The van der Waals surface area contributed by atoms with Crippen LogP contribution in [0.4, 0.5) is 5.69 Å². The monoisotopic (exact) mass is 498 g/mol. The number of anilines is 1. The van der Waals surface area contributed by atoms with Gasteiger partial charge in [-0.1, -0.05) is 25.1 Å². The van der Waals surface area contributed by atoms with Crippen molar-refractivity contribution in [1.29, 1.82) is 0 Å². The lowest BCUT2D eigenvalue weighted by Crippen LogP contribution is -2.45. The van der Waals surface area contributed by atoms with Crippen LogP contribution in [0.3, 0.4) is 0 Å². The highest BCUT2D eigenvalue weighted by atomic mass is 127. The second-order valence-corrected chi connectivity index (χ2v) is 7.53. The van der Waals surface area contributed by atoms with Gasteiger partial charge >= 0.3 is 0 Å². The first-order chi connectivity index (χ1) is 12.7. The molecule has 2 heterocycles. The van der Waals surface area contributed by atoms with Crippen molar-refractivity contribution in [1.82, 2.24) is 10.6 Å². The third-order valence-electron chi connectivity index (χ3n) is 4.54. The molecule has 0 bridgehead atoms. The molecule has 2 N–H and O–H groups in total. The van der Waals surface area contributed by atoms with Crippen molar-refractivity contribution in [2.24, 2.45) is 4.99 Å². The minimum atomic E-state index is 0. The number of para-hydroxylation sites is 1. The Morgan fingerprint density at radius 1 is 1.19 bits per heavy atom. The molecule has 1 aliphatic heterocycles. The first-order valence-electron chi connectivity index (χ1n) is 9.11. The Balaban J connectivity index is 0.00000261. The molecule has 1 aliphatic rings. The number of amides is 1. The normalized spacial score (nSPS) is 13.6. The van der Waals surface area contributed by atoms with Crippen molar-refractivity contribution in [2.45, 2.75) is 32.7 Å². The standard InChI is InChI=1S/C20H26N4OS.HI/c1-3-16-10-11-17(26-16)13-22-20(21-2)23-14-19(25)24-12-6-8-15-7-4-5-9-18(15)24;/h4-5,7,9-11H,3,6,8,12-14H2,1-2H3,(H2,21,22,23);1H. The van der Waals surface area contributed by atoms with Gasteiger partial charge in [0.25, 0.3) is 0 Å². The molecule has 27 heavy (non-hydrogen) atoms. The van der Waals surface area contributed by atoms with Gasteiger partial charge in [-0.05, 0) is 43.0 Å². The summed E-state index contributed by atoms with van der Waals surface area (Å²) in [6.07, 6.45) is 3.11. The number of rotatable bonds is 5. The molecule has 0 aliphatic carbocycles. The predicted molar refractivity (Wildman–Crippen MR) is 124 cm³/mol. The zero-order valence-corrected chi connectivity index (χ0v) is 19.0.